The van der Waals surface area contributed by atoms with Gasteiger partial charge in [0.25, 0.3) is 0 Å². The highest BCUT2D eigenvalue weighted by molar-refractivity contribution is 5.45. The van der Waals surface area contributed by atoms with E-state index in [-0.39, 0.29) is 6.04 Å². The lowest BCUT2D eigenvalue weighted by Gasteiger charge is -2.16. The lowest BCUT2D eigenvalue weighted by molar-refractivity contribution is 0.545. The number of benzene rings is 2. The van der Waals surface area contributed by atoms with E-state index in [2.05, 4.69) is 5.32 Å². The molecule has 2 aromatic carbocycles. The van der Waals surface area contributed by atoms with Crippen molar-refractivity contribution in [3.05, 3.63) is 65.2 Å². The Morgan fingerprint density at radius 3 is 2.10 bits per heavy atom. The van der Waals surface area contributed by atoms with Gasteiger partial charge in [0, 0.05) is 38.4 Å². The number of hydrogen-bond donors (Lipinski definition) is 1. The van der Waals surface area contributed by atoms with Crippen LogP contribution in [0.3, 0.4) is 0 Å². The molecule has 21 heavy (non-hydrogen) atoms. The lowest BCUT2D eigenvalue weighted by Crippen LogP contribution is -2.18. The van der Waals surface area contributed by atoms with Crippen LogP contribution >= 0.6 is 0 Å². The zero-order valence-electron chi connectivity index (χ0n) is 12.5. The third-order valence-electron chi connectivity index (χ3n) is 3.45. The first kappa shape index (κ1) is 15.4. The third kappa shape index (κ3) is 4.26. The molecule has 0 spiro atoms. The quantitative estimate of drug-likeness (QED) is 0.899. The van der Waals surface area contributed by atoms with Crippen LogP contribution in [0.4, 0.5) is 14.5 Å². The van der Waals surface area contributed by atoms with Gasteiger partial charge in [-0.1, -0.05) is 12.1 Å². The molecule has 0 saturated heterocycles. The topological polar surface area (TPSA) is 15.3 Å². The standard InChI is InChI=1S/C17H20F2N2/c1-12(14-8-15(18)10-16(19)9-14)20-11-13-4-6-17(7-5-13)21(2)3/h4-10,12,20H,11H2,1-3H3. The largest absolute Gasteiger partial charge is 0.378 e. The van der Waals surface area contributed by atoms with Gasteiger partial charge in [-0.3, -0.25) is 0 Å². The predicted octanol–water partition coefficient (Wildman–Crippen LogP) is 3.88. The van der Waals surface area contributed by atoms with Gasteiger partial charge in [0.2, 0.25) is 0 Å². The molecule has 0 amide bonds. The molecule has 2 rings (SSSR count). The molecule has 0 aliphatic carbocycles. The molecule has 0 aliphatic heterocycles. The second kappa shape index (κ2) is 6.68. The summed E-state index contributed by atoms with van der Waals surface area (Å²) in [6, 6.07) is 11.7. The molecule has 0 radical (unpaired) electrons. The van der Waals surface area contributed by atoms with Crippen molar-refractivity contribution in [3.63, 3.8) is 0 Å². The Morgan fingerprint density at radius 2 is 1.57 bits per heavy atom. The van der Waals surface area contributed by atoms with E-state index in [1.54, 1.807) is 0 Å². The fourth-order valence-electron chi connectivity index (χ4n) is 2.13. The van der Waals surface area contributed by atoms with Crippen molar-refractivity contribution in [2.24, 2.45) is 0 Å². The van der Waals surface area contributed by atoms with Gasteiger partial charge in [-0.25, -0.2) is 8.78 Å². The van der Waals surface area contributed by atoms with Gasteiger partial charge in [0.15, 0.2) is 0 Å². The number of hydrogen-bond acceptors (Lipinski definition) is 2. The molecule has 0 saturated carbocycles. The zero-order chi connectivity index (χ0) is 15.4. The summed E-state index contributed by atoms with van der Waals surface area (Å²) in [6.45, 7) is 2.54. The van der Waals surface area contributed by atoms with Crippen molar-refractivity contribution in [1.82, 2.24) is 5.32 Å². The molecule has 112 valence electrons. The first-order chi connectivity index (χ1) is 9.95. The minimum absolute atomic E-state index is 0.122. The summed E-state index contributed by atoms with van der Waals surface area (Å²) in [5, 5.41) is 3.27. The van der Waals surface area contributed by atoms with E-state index in [1.807, 2.05) is 50.2 Å². The van der Waals surface area contributed by atoms with Gasteiger partial charge in [-0.15, -0.1) is 0 Å². The van der Waals surface area contributed by atoms with Gasteiger partial charge >= 0.3 is 0 Å². The normalized spacial score (nSPS) is 12.2. The molecule has 2 nitrogen and oxygen atoms in total. The highest BCUT2D eigenvalue weighted by Gasteiger charge is 2.08. The van der Waals surface area contributed by atoms with Gasteiger partial charge in [-0.2, -0.15) is 0 Å². The van der Waals surface area contributed by atoms with Gasteiger partial charge in [0.05, 0.1) is 0 Å². The smallest absolute Gasteiger partial charge is 0.126 e. The second-order valence-corrected chi connectivity index (χ2v) is 5.37. The molecule has 1 atom stereocenters. The van der Waals surface area contributed by atoms with Crippen LogP contribution in [0, 0.1) is 11.6 Å². The maximum atomic E-state index is 13.2. The minimum Gasteiger partial charge on any atom is -0.378 e. The van der Waals surface area contributed by atoms with Crippen LogP contribution in [0.2, 0.25) is 0 Å². The summed E-state index contributed by atoms with van der Waals surface area (Å²) in [7, 11) is 3.99. The van der Waals surface area contributed by atoms with Crippen LogP contribution in [0.25, 0.3) is 0 Å². The molecule has 1 N–H and O–H groups in total. The molecule has 4 heteroatoms. The first-order valence-electron chi connectivity index (χ1n) is 6.91. The average Bonchev–Trinajstić information content (AvgIpc) is 2.44. The molecule has 0 fully saturated rings. The van der Waals surface area contributed by atoms with Gasteiger partial charge in [-0.05, 0) is 42.3 Å². The summed E-state index contributed by atoms with van der Waals surface area (Å²) in [6.07, 6.45) is 0. The Kier molecular flexibility index (Phi) is 4.91. The zero-order valence-corrected chi connectivity index (χ0v) is 12.5. The van der Waals surface area contributed by atoms with Gasteiger partial charge < -0.3 is 10.2 Å². The van der Waals surface area contributed by atoms with Crippen LogP contribution in [-0.4, -0.2) is 14.1 Å². The van der Waals surface area contributed by atoms with Crippen molar-refractivity contribution in [3.8, 4) is 0 Å². The Bertz CT molecular complexity index is 574. The Hall–Kier alpha value is -1.94. The average molecular weight is 290 g/mol. The minimum atomic E-state index is -0.547. The Balaban J connectivity index is 1.98. The van der Waals surface area contributed by atoms with Crippen molar-refractivity contribution in [2.45, 2.75) is 19.5 Å². The summed E-state index contributed by atoms with van der Waals surface area (Å²) in [5.41, 5.74) is 2.88. The van der Waals surface area contributed by atoms with E-state index in [0.29, 0.717) is 12.1 Å². The Morgan fingerprint density at radius 1 is 1.00 bits per heavy atom. The fraction of sp³-hybridized carbons (Fsp3) is 0.294. The van der Waals surface area contributed by atoms with E-state index in [4.69, 9.17) is 0 Å². The van der Waals surface area contributed by atoms with E-state index in [0.717, 1.165) is 17.3 Å². The van der Waals surface area contributed by atoms with E-state index < -0.39 is 11.6 Å². The third-order valence-corrected chi connectivity index (χ3v) is 3.45. The fourth-order valence-corrected chi connectivity index (χ4v) is 2.13. The highest BCUT2D eigenvalue weighted by atomic mass is 19.1. The number of nitrogens with one attached hydrogen (secondary N) is 1. The summed E-state index contributed by atoms with van der Waals surface area (Å²) < 4.78 is 26.4. The molecule has 0 aromatic heterocycles. The molecule has 0 bridgehead atoms. The van der Waals surface area contributed by atoms with E-state index in [1.165, 1.54) is 12.1 Å². The number of anilines is 1. The number of rotatable bonds is 5. The van der Waals surface area contributed by atoms with Crippen molar-refractivity contribution in [1.29, 1.82) is 0 Å². The molecular formula is C17H20F2N2. The maximum Gasteiger partial charge on any atom is 0.126 e. The predicted molar refractivity (Wildman–Crippen MR) is 82.4 cm³/mol. The summed E-state index contributed by atoms with van der Waals surface area (Å²) >= 11 is 0. The molecule has 2 aromatic rings. The van der Waals surface area contributed by atoms with Crippen molar-refractivity contribution < 1.29 is 8.78 Å². The second-order valence-electron chi connectivity index (χ2n) is 5.37. The summed E-state index contributed by atoms with van der Waals surface area (Å²) in [5.74, 6) is -1.09. The highest BCUT2D eigenvalue weighted by Crippen LogP contribution is 2.17. The van der Waals surface area contributed by atoms with Crippen molar-refractivity contribution >= 4 is 5.69 Å². The van der Waals surface area contributed by atoms with Crippen molar-refractivity contribution in [2.75, 3.05) is 19.0 Å². The van der Waals surface area contributed by atoms with Gasteiger partial charge in [0.1, 0.15) is 11.6 Å². The number of halogens is 2. The number of nitrogens with zero attached hydrogens (tertiary/aromatic N) is 1. The van der Waals surface area contributed by atoms with Crippen LogP contribution < -0.4 is 10.2 Å². The lowest BCUT2D eigenvalue weighted by atomic mass is 10.1. The van der Waals surface area contributed by atoms with Crippen LogP contribution in [-0.2, 0) is 6.54 Å². The molecular weight excluding hydrogens is 270 g/mol. The van der Waals surface area contributed by atoms with Crippen LogP contribution in [0.5, 0.6) is 0 Å². The molecule has 0 aliphatic rings. The Labute approximate surface area is 124 Å². The van der Waals surface area contributed by atoms with Crippen LogP contribution in [0.1, 0.15) is 24.1 Å². The van der Waals surface area contributed by atoms with E-state index in [9.17, 15) is 8.78 Å². The molecule has 0 heterocycles. The first-order valence-corrected chi connectivity index (χ1v) is 6.91. The SMILES string of the molecule is CC(NCc1ccc(N(C)C)cc1)c1cc(F)cc(F)c1. The monoisotopic (exact) mass is 290 g/mol. The van der Waals surface area contributed by atoms with Crippen LogP contribution in [0.15, 0.2) is 42.5 Å². The summed E-state index contributed by atoms with van der Waals surface area (Å²) in [4.78, 5) is 2.04. The maximum absolute atomic E-state index is 13.2. The molecule has 1 unspecified atom stereocenters. The van der Waals surface area contributed by atoms with E-state index >= 15 is 0 Å².